The van der Waals surface area contributed by atoms with Crippen LogP contribution in [0, 0.1) is 18.7 Å². The molecule has 0 radical (unpaired) electrons. The highest BCUT2D eigenvalue weighted by Crippen LogP contribution is 2.30. The topological polar surface area (TPSA) is 43.8 Å². The van der Waals surface area contributed by atoms with Crippen LogP contribution in [-0.2, 0) is 13.5 Å². The van der Waals surface area contributed by atoms with E-state index in [2.05, 4.69) is 18.9 Å². The average molecular weight is 261 g/mol. The zero-order chi connectivity index (χ0) is 14.2. The van der Waals surface area contributed by atoms with Crippen molar-refractivity contribution < 1.29 is 4.39 Å². The second-order valence-electron chi connectivity index (χ2n) is 5.45. The van der Waals surface area contributed by atoms with Crippen LogP contribution in [0.1, 0.15) is 25.0 Å². The molecule has 2 N–H and O–H groups in total. The number of rotatable bonds is 3. The first-order valence-electron chi connectivity index (χ1n) is 6.47. The first-order valence-corrected chi connectivity index (χ1v) is 6.47. The Bertz CT molecular complexity index is 579. The minimum Gasteiger partial charge on any atom is -0.384 e. The summed E-state index contributed by atoms with van der Waals surface area (Å²) < 4.78 is 15.2. The average Bonchev–Trinajstić information content (AvgIpc) is 2.55. The number of aromatic nitrogens is 2. The van der Waals surface area contributed by atoms with Gasteiger partial charge in [-0.3, -0.25) is 4.68 Å². The third-order valence-electron chi connectivity index (χ3n) is 3.12. The molecule has 0 saturated carbocycles. The third kappa shape index (κ3) is 2.78. The molecule has 1 aromatic carbocycles. The molecule has 1 aromatic heterocycles. The molecule has 4 heteroatoms. The number of aryl methyl sites for hydroxylation is 2. The van der Waals surface area contributed by atoms with E-state index in [0.717, 1.165) is 28.8 Å². The molecule has 0 amide bonds. The zero-order valence-electron chi connectivity index (χ0n) is 11.9. The quantitative estimate of drug-likeness (QED) is 0.921. The maximum absolute atomic E-state index is 13.5. The second-order valence-corrected chi connectivity index (χ2v) is 5.45. The van der Waals surface area contributed by atoms with Crippen molar-refractivity contribution in [1.29, 1.82) is 0 Å². The summed E-state index contributed by atoms with van der Waals surface area (Å²) in [5.74, 6) is 0.889. The molecule has 0 atom stereocenters. The predicted molar refractivity (Wildman–Crippen MR) is 76.3 cm³/mol. The fraction of sp³-hybridized carbons (Fsp3) is 0.400. The van der Waals surface area contributed by atoms with Gasteiger partial charge in [0.25, 0.3) is 0 Å². The van der Waals surface area contributed by atoms with Crippen LogP contribution in [0.15, 0.2) is 18.2 Å². The van der Waals surface area contributed by atoms with Gasteiger partial charge >= 0.3 is 0 Å². The Morgan fingerprint density at radius 1 is 1.32 bits per heavy atom. The molecule has 102 valence electrons. The Morgan fingerprint density at radius 2 is 2.00 bits per heavy atom. The minimum atomic E-state index is -0.241. The molecule has 0 aliphatic heterocycles. The predicted octanol–water partition coefficient (Wildman–Crippen LogP) is 3.32. The summed E-state index contributed by atoms with van der Waals surface area (Å²) in [6.07, 6.45) is 0.838. The Kier molecular flexibility index (Phi) is 3.60. The highest BCUT2D eigenvalue weighted by Gasteiger charge is 2.17. The van der Waals surface area contributed by atoms with Crippen LogP contribution in [-0.4, -0.2) is 9.78 Å². The van der Waals surface area contributed by atoms with E-state index in [9.17, 15) is 4.39 Å². The van der Waals surface area contributed by atoms with E-state index >= 15 is 0 Å². The van der Waals surface area contributed by atoms with Gasteiger partial charge < -0.3 is 5.73 Å². The molecule has 3 nitrogen and oxygen atoms in total. The van der Waals surface area contributed by atoms with Crippen LogP contribution in [0.2, 0.25) is 0 Å². The molecule has 0 spiro atoms. The van der Waals surface area contributed by atoms with Crippen LogP contribution in [0.5, 0.6) is 0 Å². The Labute approximate surface area is 113 Å². The lowest BCUT2D eigenvalue weighted by atomic mass is 9.98. The van der Waals surface area contributed by atoms with Gasteiger partial charge in [-0.15, -0.1) is 0 Å². The van der Waals surface area contributed by atoms with Gasteiger partial charge in [0, 0.05) is 18.2 Å². The van der Waals surface area contributed by atoms with Crippen molar-refractivity contribution >= 4 is 5.82 Å². The number of benzene rings is 1. The highest BCUT2D eigenvalue weighted by molar-refractivity contribution is 5.69. The second kappa shape index (κ2) is 5.03. The monoisotopic (exact) mass is 261 g/mol. The maximum Gasteiger partial charge on any atom is 0.125 e. The van der Waals surface area contributed by atoms with Gasteiger partial charge in [-0.1, -0.05) is 13.8 Å². The molecule has 2 aromatic rings. The number of hydrogen-bond acceptors (Lipinski definition) is 2. The number of anilines is 1. The van der Waals surface area contributed by atoms with E-state index in [4.69, 9.17) is 5.73 Å². The van der Waals surface area contributed by atoms with Gasteiger partial charge in [-0.25, -0.2) is 4.39 Å². The molecule has 19 heavy (non-hydrogen) atoms. The van der Waals surface area contributed by atoms with Gasteiger partial charge in [0.15, 0.2) is 0 Å². The first kappa shape index (κ1) is 13.6. The Morgan fingerprint density at radius 3 is 2.58 bits per heavy atom. The number of nitrogens with zero attached hydrogens (tertiary/aromatic N) is 2. The smallest absolute Gasteiger partial charge is 0.125 e. The van der Waals surface area contributed by atoms with Crippen LogP contribution in [0.4, 0.5) is 10.2 Å². The van der Waals surface area contributed by atoms with Crippen molar-refractivity contribution in [1.82, 2.24) is 9.78 Å². The highest BCUT2D eigenvalue weighted by atomic mass is 19.1. The lowest BCUT2D eigenvalue weighted by Crippen LogP contribution is -2.02. The van der Waals surface area contributed by atoms with Gasteiger partial charge in [-0.2, -0.15) is 5.10 Å². The molecule has 0 bridgehead atoms. The van der Waals surface area contributed by atoms with Gasteiger partial charge in [0.2, 0.25) is 0 Å². The number of nitrogen functional groups attached to an aromatic ring is 1. The molecule has 0 unspecified atom stereocenters. The van der Waals surface area contributed by atoms with Crippen molar-refractivity contribution in [3.63, 3.8) is 0 Å². The molecule has 0 saturated heterocycles. The van der Waals surface area contributed by atoms with E-state index in [-0.39, 0.29) is 5.82 Å². The van der Waals surface area contributed by atoms with Crippen molar-refractivity contribution in [2.75, 3.05) is 5.73 Å². The minimum absolute atomic E-state index is 0.241. The molecule has 0 aliphatic carbocycles. The zero-order valence-corrected chi connectivity index (χ0v) is 11.9. The summed E-state index contributed by atoms with van der Waals surface area (Å²) in [4.78, 5) is 0. The first-order chi connectivity index (χ1) is 8.88. The van der Waals surface area contributed by atoms with E-state index in [1.807, 2.05) is 20.0 Å². The van der Waals surface area contributed by atoms with E-state index in [0.29, 0.717) is 11.7 Å². The molecule has 0 aliphatic rings. The molecular formula is C15H20FN3. The summed E-state index contributed by atoms with van der Waals surface area (Å²) in [7, 11) is 1.81. The Balaban J connectivity index is 2.57. The fourth-order valence-electron chi connectivity index (χ4n) is 2.30. The van der Waals surface area contributed by atoms with Crippen molar-refractivity contribution in [2.45, 2.75) is 27.2 Å². The molecule has 2 rings (SSSR count). The number of nitrogens with two attached hydrogens (primary N) is 1. The molecular weight excluding hydrogens is 241 g/mol. The van der Waals surface area contributed by atoms with E-state index < -0.39 is 0 Å². The van der Waals surface area contributed by atoms with E-state index in [1.54, 1.807) is 4.68 Å². The summed E-state index contributed by atoms with van der Waals surface area (Å²) in [5.41, 5.74) is 9.54. The lowest BCUT2D eigenvalue weighted by molar-refractivity contribution is 0.627. The van der Waals surface area contributed by atoms with Crippen molar-refractivity contribution in [2.24, 2.45) is 13.0 Å². The Hall–Kier alpha value is -1.84. The fourth-order valence-corrected chi connectivity index (χ4v) is 2.30. The maximum atomic E-state index is 13.5. The van der Waals surface area contributed by atoms with Crippen LogP contribution in [0.3, 0.4) is 0 Å². The summed E-state index contributed by atoms with van der Waals surface area (Å²) in [6, 6.07) is 4.96. The number of halogens is 1. The van der Waals surface area contributed by atoms with Crippen molar-refractivity contribution in [3.8, 4) is 11.3 Å². The van der Waals surface area contributed by atoms with Crippen LogP contribution < -0.4 is 5.73 Å². The summed E-state index contributed by atoms with van der Waals surface area (Å²) in [5, 5.41) is 4.44. The summed E-state index contributed by atoms with van der Waals surface area (Å²) in [6.45, 7) is 6.14. The van der Waals surface area contributed by atoms with Crippen LogP contribution in [0.25, 0.3) is 11.3 Å². The summed E-state index contributed by atoms with van der Waals surface area (Å²) >= 11 is 0. The van der Waals surface area contributed by atoms with Crippen molar-refractivity contribution in [3.05, 3.63) is 35.1 Å². The van der Waals surface area contributed by atoms with Gasteiger partial charge in [0.1, 0.15) is 11.6 Å². The number of hydrogen-bond donors (Lipinski definition) is 1. The van der Waals surface area contributed by atoms with E-state index in [1.165, 1.54) is 12.1 Å². The normalized spacial score (nSPS) is 11.3. The lowest BCUT2D eigenvalue weighted by Gasteiger charge is -2.07. The van der Waals surface area contributed by atoms with Gasteiger partial charge in [-0.05, 0) is 43.0 Å². The standard InChI is InChI=1S/C15H20FN3/c1-9(2)5-13-14(18-19(4)15(13)17)11-6-10(3)7-12(16)8-11/h6-9H,5,17H2,1-4H3. The molecule has 1 heterocycles. The SMILES string of the molecule is Cc1cc(F)cc(-c2nn(C)c(N)c2CC(C)C)c1. The van der Waals surface area contributed by atoms with Crippen LogP contribution >= 0.6 is 0 Å². The largest absolute Gasteiger partial charge is 0.384 e. The molecule has 0 fully saturated rings. The third-order valence-corrected chi connectivity index (χ3v) is 3.12. The van der Waals surface area contributed by atoms with Gasteiger partial charge in [0.05, 0.1) is 5.69 Å².